The molecular formula is C26H27N7O3S. The van der Waals surface area contributed by atoms with Crippen LogP contribution in [0.15, 0.2) is 66.1 Å². The predicted octanol–water partition coefficient (Wildman–Crippen LogP) is 2.05. The van der Waals surface area contributed by atoms with Crippen molar-refractivity contribution < 1.29 is 13.2 Å². The van der Waals surface area contributed by atoms with Crippen LogP contribution in [0.3, 0.4) is 0 Å². The number of nitrogens with zero attached hydrogens (tertiary/aromatic N) is 6. The van der Waals surface area contributed by atoms with Crippen molar-refractivity contribution in [3.05, 3.63) is 83.6 Å². The van der Waals surface area contributed by atoms with Gasteiger partial charge in [0.2, 0.25) is 16.0 Å². The van der Waals surface area contributed by atoms with Crippen molar-refractivity contribution in [2.24, 2.45) is 5.73 Å². The number of fused-ring (bicyclic) bond motifs is 2. The molecule has 2 N–H and O–H groups in total. The minimum Gasteiger partial charge on any atom is -0.379 e. The average molecular weight is 518 g/mol. The number of nitrogens with two attached hydrogens (primary N) is 1. The van der Waals surface area contributed by atoms with Gasteiger partial charge in [0.05, 0.1) is 41.6 Å². The molecule has 1 saturated heterocycles. The zero-order valence-corrected chi connectivity index (χ0v) is 21.0. The molecule has 0 saturated carbocycles. The first-order valence-corrected chi connectivity index (χ1v) is 13.7. The fourth-order valence-corrected chi connectivity index (χ4v) is 6.65. The first-order chi connectivity index (χ1) is 18.0. The molecule has 2 aliphatic rings. The van der Waals surface area contributed by atoms with E-state index in [1.165, 1.54) is 4.31 Å². The standard InChI is InChI=1S/C26H27N7O3S/c27-24(19-4-8-28-9-5-19)25-20-6-10-29-16-22(20)30-26(31-25)32-11-7-18-2-1-3-23(21(18)17-32)37(34,35)33-12-14-36-15-13-33/h1-6,8-10,16,24H,7,11-15,17,27H2. The first kappa shape index (κ1) is 23.9. The highest BCUT2D eigenvalue weighted by Crippen LogP contribution is 2.32. The first-order valence-electron chi connectivity index (χ1n) is 12.2. The minimum atomic E-state index is -3.65. The SMILES string of the molecule is NC(c1ccncc1)c1nc(N2CCc3cccc(S(=O)(=O)N4CCOCC4)c3C2)nc2cnccc12. The second-order valence-corrected chi connectivity index (χ2v) is 11.0. The highest BCUT2D eigenvalue weighted by Gasteiger charge is 2.32. The van der Waals surface area contributed by atoms with Crippen LogP contribution in [0.25, 0.3) is 10.9 Å². The lowest BCUT2D eigenvalue weighted by atomic mass is 10.00. The van der Waals surface area contributed by atoms with E-state index in [1.807, 2.05) is 35.2 Å². The summed E-state index contributed by atoms with van der Waals surface area (Å²) < 4.78 is 34.0. The minimum absolute atomic E-state index is 0.341. The molecule has 10 nitrogen and oxygen atoms in total. The smallest absolute Gasteiger partial charge is 0.243 e. The normalized spacial score (nSPS) is 17.5. The summed E-state index contributed by atoms with van der Waals surface area (Å²) in [5.74, 6) is 0.504. The molecule has 0 amide bonds. The molecule has 1 unspecified atom stereocenters. The molecule has 3 aromatic heterocycles. The summed E-state index contributed by atoms with van der Waals surface area (Å²) in [5, 5.41) is 0.830. The lowest BCUT2D eigenvalue weighted by Gasteiger charge is -2.32. The highest BCUT2D eigenvalue weighted by molar-refractivity contribution is 7.89. The number of morpholine rings is 1. The summed E-state index contributed by atoms with van der Waals surface area (Å²) in [6, 6.07) is 10.7. The lowest BCUT2D eigenvalue weighted by molar-refractivity contribution is 0.0730. The van der Waals surface area contributed by atoms with Gasteiger partial charge in [0, 0.05) is 50.2 Å². The van der Waals surface area contributed by atoms with Gasteiger partial charge in [-0.25, -0.2) is 18.4 Å². The van der Waals surface area contributed by atoms with E-state index in [-0.39, 0.29) is 0 Å². The van der Waals surface area contributed by atoms with Crippen molar-refractivity contribution >= 4 is 26.9 Å². The summed E-state index contributed by atoms with van der Waals surface area (Å²) >= 11 is 0. The molecule has 1 fully saturated rings. The van der Waals surface area contributed by atoms with Crippen LogP contribution in [-0.2, 0) is 27.7 Å². The summed E-state index contributed by atoms with van der Waals surface area (Å²) in [6.07, 6.45) is 7.50. The Bertz CT molecular complexity index is 1540. The van der Waals surface area contributed by atoms with Crippen molar-refractivity contribution in [3.63, 3.8) is 0 Å². The number of pyridine rings is 2. The summed E-state index contributed by atoms with van der Waals surface area (Å²) in [7, 11) is -3.65. The molecule has 4 aromatic rings. The molecule has 0 spiro atoms. The molecule has 1 atom stereocenters. The zero-order chi connectivity index (χ0) is 25.4. The van der Waals surface area contributed by atoms with Crippen LogP contribution in [-0.4, -0.2) is 65.5 Å². The largest absolute Gasteiger partial charge is 0.379 e. The molecule has 5 heterocycles. The van der Waals surface area contributed by atoms with Crippen LogP contribution in [0.2, 0.25) is 0 Å². The maximum Gasteiger partial charge on any atom is 0.243 e. The van der Waals surface area contributed by atoms with Gasteiger partial charge in [0.15, 0.2) is 0 Å². The number of rotatable bonds is 5. The Hall–Kier alpha value is -3.51. The number of hydrogen-bond donors (Lipinski definition) is 1. The highest BCUT2D eigenvalue weighted by atomic mass is 32.2. The number of benzene rings is 1. The maximum absolute atomic E-state index is 13.6. The van der Waals surface area contributed by atoms with E-state index in [2.05, 4.69) is 9.97 Å². The Morgan fingerprint density at radius 2 is 1.73 bits per heavy atom. The third-order valence-corrected chi connectivity index (χ3v) is 8.96. The summed E-state index contributed by atoms with van der Waals surface area (Å²) in [6.45, 7) is 2.55. The van der Waals surface area contributed by atoms with Crippen LogP contribution in [0.1, 0.15) is 28.4 Å². The van der Waals surface area contributed by atoms with Gasteiger partial charge in [0.25, 0.3) is 0 Å². The fraction of sp³-hybridized carbons (Fsp3) is 0.308. The van der Waals surface area contributed by atoms with Crippen LogP contribution in [0.5, 0.6) is 0 Å². The maximum atomic E-state index is 13.6. The Balaban J connectivity index is 1.40. The number of anilines is 1. The molecule has 37 heavy (non-hydrogen) atoms. The van der Waals surface area contributed by atoms with E-state index >= 15 is 0 Å². The second kappa shape index (κ2) is 9.75. The van der Waals surface area contributed by atoms with Gasteiger partial charge < -0.3 is 15.4 Å². The van der Waals surface area contributed by atoms with E-state index < -0.39 is 16.1 Å². The molecule has 0 aliphatic carbocycles. The Kier molecular flexibility index (Phi) is 6.29. The fourth-order valence-electron chi connectivity index (χ4n) is 4.99. The summed E-state index contributed by atoms with van der Waals surface area (Å²) in [5.41, 5.74) is 10.8. The van der Waals surface area contributed by atoms with Crippen LogP contribution in [0, 0.1) is 0 Å². The number of sulfonamides is 1. The number of ether oxygens (including phenoxy) is 1. The van der Waals surface area contributed by atoms with Crippen molar-refractivity contribution in [2.45, 2.75) is 23.9 Å². The van der Waals surface area contributed by atoms with E-state index in [0.29, 0.717) is 67.9 Å². The van der Waals surface area contributed by atoms with E-state index in [1.54, 1.807) is 30.9 Å². The second-order valence-electron chi connectivity index (χ2n) is 9.14. The van der Waals surface area contributed by atoms with Crippen LogP contribution in [0.4, 0.5) is 5.95 Å². The monoisotopic (exact) mass is 517 g/mol. The molecule has 1 aromatic carbocycles. The number of aromatic nitrogens is 4. The molecule has 2 aliphatic heterocycles. The van der Waals surface area contributed by atoms with Gasteiger partial charge in [-0.3, -0.25) is 9.97 Å². The lowest BCUT2D eigenvalue weighted by Crippen LogP contribution is -2.41. The third-order valence-electron chi connectivity index (χ3n) is 6.98. The van der Waals surface area contributed by atoms with Gasteiger partial charge in [-0.15, -0.1) is 0 Å². The third kappa shape index (κ3) is 4.44. The zero-order valence-electron chi connectivity index (χ0n) is 20.2. The van der Waals surface area contributed by atoms with E-state index in [0.717, 1.165) is 22.1 Å². The van der Waals surface area contributed by atoms with Crippen molar-refractivity contribution in [3.8, 4) is 0 Å². The molecule has 0 bridgehead atoms. The van der Waals surface area contributed by atoms with Crippen LogP contribution >= 0.6 is 0 Å². The van der Waals surface area contributed by atoms with Gasteiger partial charge in [-0.05, 0) is 47.4 Å². The van der Waals surface area contributed by atoms with Gasteiger partial charge in [0.1, 0.15) is 0 Å². The average Bonchev–Trinajstić information content (AvgIpc) is 2.96. The quantitative estimate of drug-likeness (QED) is 0.423. The van der Waals surface area contributed by atoms with E-state index in [4.69, 9.17) is 20.4 Å². The molecule has 0 radical (unpaired) electrons. The van der Waals surface area contributed by atoms with Gasteiger partial charge in [-0.1, -0.05) is 12.1 Å². The summed E-state index contributed by atoms with van der Waals surface area (Å²) in [4.78, 5) is 20.4. The van der Waals surface area contributed by atoms with Crippen molar-refractivity contribution in [1.82, 2.24) is 24.2 Å². The van der Waals surface area contributed by atoms with Crippen LogP contribution < -0.4 is 10.6 Å². The Morgan fingerprint density at radius 3 is 2.54 bits per heavy atom. The van der Waals surface area contributed by atoms with Gasteiger partial charge in [-0.2, -0.15) is 4.31 Å². The van der Waals surface area contributed by atoms with Crippen molar-refractivity contribution in [1.29, 1.82) is 0 Å². The van der Waals surface area contributed by atoms with Crippen molar-refractivity contribution in [2.75, 3.05) is 37.7 Å². The Labute approximate surface area is 215 Å². The molecule has 190 valence electrons. The predicted molar refractivity (Wildman–Crippen MR) is 138 cm³/mol. The van der Waals surface area contributed by atoms with E-state index in [9.17, 15) is 8.42 Å². The molecule has 6 rings (SSSR count). The molecular weight excluding hydrogens is 490 g/mol. The van der Waals surface area contributed by atoms with Gasteiger partial charge >= 0.3 is 0 Å². The topological polar surface area (TPSA) is 127 Å². The number of hydrogen-bond acceptors (Lipinski definition) is 9. The Morgan fingerprint density at radius 1 is 0.946 bits per heavy atom. The molecule has 11 heteroatoms.